The smallest absolute Gasteiger partial charge is 0.270 e. The molecular formula is C15H13N5O. The molecule has 3 aromatic heterocycles. The summed E-state index contributed by atoms with van der Waals surface area (Å²) in [5, 5.41) is 0.910. The zero-order valence-corrected chi connectivity index (χ0v) is 11.4. The first-order valence-corrected chi connectivity index (χ1v) is 6.36. The first-order valence-electron chi connectivity index (χ1n) is 6.36. The van der Waals surface area contributed by atoms with E-state index in [1.807, 2.05) is 12.3 Å². The maximum Gasteiger partial charge on any atom is 0.270 e. The van der Waals surface area contributed by atoms with Gasteiger partial charge in [-0.3, -0.25) is 4.79 Å². The molecule has 6 heteroatoms. The molecule has 0 bridgehead atoms. The van der Waals surface area contributed by atoms with Gasteiger partial charge in [-0.1, -0.05) is 5.92 Å². The van der Waals surface area contributed by atoms with Gasteiger partial charge in [-0.25, -0.2) is 9.97 Å². The van der Waals surface area contributed by atoms with Crippen LogP contribution in [0.5, 0.6) is 0 Å². The molecule has 0 aliphatic carbocycles. The van der Waals surface area contributed by atoms with Crippen LogP contribution in [0.25, 0.3) is 22.3 Å². The lowest BCUT2D eigenvalue weighted by atomic mass is 10.1. The second kappa shape index (κ2) is 5.13. The van der Waals surface area contributed by atoms with Crippen LogP contribution >= 0.6 is 0 Å². The quantitative estimate of drug-likeness (QED) is 0.716. The Kier molecular flexibility index (Phi) is 3.16. The minimum absolute atomic E-state index is 0.154. The molecule has 104 valence electrons. The Bertz CT molecular complexity index is 839. The summed E-state index contributed by atoms with van der Waals surface area (Å²) in [5.41, 5.74) is 2.85. The number of aromatic nitrogens is 4. The van der Waals surface area contributed by atoms with Crippen LogP contribution in [-0.2, 0) is 0 Å². The maximum absolute atomic E-state index is 12.2. The molecule has 3 rings (SSSR count). The molecule has 0 fully saturated rings. The Morgan fingerprint density at radius 2 is 2.29 bits per heavy atom. The molecule has 0 unspecified atom stereocenters. The highest BCUT2D eigenvalue weighted by Gasteiger charge is 2.15. The summed E-state index contributed by atoms with van der Waals surface area (Å²) >= 11 is 0. The van der Waals surface area contributed by atoms with E-state index in [0.29, 0.717) is 5.69 Å². The zero-order chi connectivity index (χ0) is 14.8. The van der Waals surface area contributed by atoms with Crippen molar-refractivity contribution in [1.82, 2.24) is 24.8 Å². The van der Waals surface area contributed by atoms with E-state index < -0.39 is 0 Å². The van der Waals surface area contributed by atoms with Crippen molar-refractivity contribution < 1.29 is 4.79 Å². The zero-order valence-electron chi connectivity index (χ0n) is 11.4. The lowest BCUT2D eigenvalue weighted by molar-refractivity contribution is 0.0807. The van der Waals surface area contributed by atoms with Gasteiger partial charge in [-0.05, 0) is 12.1 Å². The van der Waals surface area contributed by atoms with Gasteiger partial charge in [0.05, 0.1) is 12.2 Å². The predicted molar refractivity (Wildman–Crippen MR) is 79.5 cm³/mol. The van der Waals surface area contributed by atoms with Crippen LogP contribution in [-0.4, -0.2) is 44.3 Å². The minimum Gasteiger partial charge on any atom is -0.357 e. The number of nitrogens with zero attached hydrogens (tertiary/aromatic N) is 3. The van der Waals surface area contributed by atoms with Crippen molar-refractivity contribution in [1.29, 1.82) is 0 Å². The number of carbonyl (C=O) groups is 1. The molecule has 3 aromatic rings. The molecule has 0 aliphatic rings. The molecule has 3 heterocycles. The van der Waals surface area contributed by atoms with Crippen molar-refractivity contribution in [3.8, 4) is 23.6 Å². The van der Waals surface area contributed by atoms with Crippen molar-refractivity contribution in [2.24, 2.45) is 0 Å². The first-order chi connectivity index (χ1) is 10.2. The molecule has 1 amide bonds. The molecule has 0 spiro atoms. The number of carbonyl (C=O) groups excluding carboxylic acids is 1. The molecular weight excluding hydrogens is 266 g/mol. The van der Waals surface area contributed by atoms with E-state index in [9.17, 15) is 4.79 Å². The van der Waals surface area contributed by atoms with Gasteiger partial charge in [0.1, 0.15) is 17.7 Å². The van der Waals surface area contributed by atoms with Crippen LogP contribution < -0.4 is 0 Å². The van der Waals surface area contributed by atoms with Gasteiger partial charge in [0.25, 0.3) is 5.91 Å². The van der Waals surface area contributed by atoms with Crippen LogP contribution in [0.15, 0.2) is 30.9 Å². The van der Waals surface area contributed by atoms with Crippen LogP contribution in [0.2, 0.25) is 0 Å². The van der Waals surface area contributed by atoms with E-state index in [0.717, 1.165) is 22.3 Å². The maximum atomic E-state index is 12.2. The molecule has 2 N–H and O–H groups in total. The number of nitrogens with one attached hydrogen (secondary N) is 2. The van der Waals surface area contributed by atoms with Gasteiger partial charge in [-0.15, -0.1) is 6.42 Å². The molecule has 0 saturated heterocycles. The van der Waals surface area contributed by atoms with E-state index >= 15 is 0 Å². The Labute approximate surface area is 121 Å². The molecule has 6 nitrogen and oxygen atoms in total. The average Bonchev–Trinajstić information content (AvgIpc) is 3.15. The standard InChI is InChI=1S/C15H13N5O/c1-3-6-20(2)15(21)12-7-10(8-17-12)13-11-4-5-16-14(11)19-9-18-13/h1,4-5,7-9,17H,6H2,2H3,(H,16,18,19). The van der Waals surface area contributed by atoms with Gasteiger partial charge in [0, 0.05) is 30.4 Å². The summed E-state index contributed by atoms with van der Waals surface area (Å²) < 4.78 is 0. The summed E-state index contributed by atoms with van der Waals surface area (Å²) in [6.07, 6.45) is 10.3. The van der Waals surface area contributed by atoms with Gasteiger partial charge in [0.2, 0.25) is 0 Å². The monoisotopic (exact) mass is 279 g/mol. The van der Waals surface area contributed by atoms with Crippen LogP contribution in [0.4, 0.5) is 0 Å². The van der Waals surface area contributed by atoms with E-state index in [-0.39, 0.29) is 12.5 Å². The van der Waals surface area contributed by atoms with Crippen molar-refractivity contribution in [2.45, 2.75) is 0 Å². The summed E-state index contributed by atoms with van der Waals surface area (Å²) in [4.78, 5) is 28.1. The fourth-order valence-corrected chi connectivity index (χ4v) is 2.17. The third-order valence-corrected chi connectivity index (χ3v) is 3.22. The van der Waals surface area contributed by atoms with E-state index in [1.165, 1.54) is 11.2 Å². The van der Waals surface area contributed by atoms with Crippen LogP contribution in [0, 0.1) is 12.3 Å². The highest BCUT2D eigenvalue weighted by atomic mass is 16.2. The van der Waals surface area contributed by atoms with Gasteiger partial charge >= 0.3 is 0 Å². The fraction of sp³-hybridized carbons (Fsp3) is 0.133. The Morgan fingerprint density at radius 1 is 1.43 bits per heavy atom. The fourth-order valence-electron chi connectivity index (χ4n) is 2.17. The lowest BCUT2D eigenvalue weighted by Gasteiger charge is -2.11. The Hall–Kier alpha value is -3.07. The summed E-state index contributed by atoms with van der Waals surface area (Å²) in [6, 6.07) is 3.67. The molecule has 0 radical (unpaired) electrons. The van der Waals surface area contributed by atoms with Crippen molar-refractivity contribution in [2.75, 3.05) is 13.6 Å². The van der Waals surface area contributed by atoms with Gasteiger partial charge < -0.3 is 14.9 Å². The second-order valence-electron chi connectivity index (χ2n) is 4.63. The lowest BCUT2D eigenvalue weighted by Crippen LogP contribution is -2.27. The summed E-state index contributed by atoms with van der Waals surface area (Å²) in [7, 11) is 1.66. The highest BCUT2D eigenvalue weighted by molar-refractivity contribution is 5.96. The van der Waals surface area contributed by atoms with Gasteiger partial charge in [-0.2, -0.15) is 0 Å². The largest absolute Gasteiger partial charge is 0.357 e. The SMILES string of the molecule is C#CCN(C)C(=O)c1cc(-c2ncnc3[nH]ccc23)c[nH]1. The average molecular weight is 279 g/mol. The molecule has 0 aliphatic heterocycles. The number of rotatable bonds is 3. The van der Waals surface area contributed by atoms with Crippen LogP contribution in [0.1, 0.15) is 10.5 Å². The highest BCUT2D eigenvalue weighted by Crippen LogP contribution is 2.25. The third-order valence-electron chi connectivity index (χ3n) is 3.22. The van der Waals surface area contributed by atoms with E-state index in [4.69, 9.17) is 6.42 Å². The molecule has 0 atom stereocenters. The third kappa shape index (κ3) is 2.25. The number of hydrogen-bond donors (Lipinski definition) is 2. The number of terminal acetylenes is 1. The van der Waals surface area contributed by atoms with Gasteiger partial charge in [0.15, 0.2) is 0 Å². The number of fused-ring (bicyclic) bond motifs is 1. The summed E-state index contributed by atoms with van der Waals surface area (Å²) in [6.45, 7) is 0.267. The van der Waals surface area contributed by atoms with Crippen molar-refractivity contribution >= 4 is 16.9 Å². The second-order valence-corrected chi connectivity index (χ2v) is 4.63. The Balaban J connectivity index is 1.97. The predicted octanol–water partition coefficient (Wildman–Crippen LogP) is 1.66. The minimum atomic E-state index is -0.154. The summed E-state index contributed by atoms with van der Waals surface area (Å²) in [5.74, 6) is 2.29. The molecule has 0 saturated carbocycles. The normalized spacial score (nSPS) is 10.5. The first kappa shape index (κ1) is 12.9. The number of aromatic amines is 2. The van der Waals surface area contributed by atoms with Crippen molar-refractivity contribution in [3.63, 3.8) is 0 Å². The van der Waals surface area contributed by atoms with E-state index in [2.05, 4.69) is 25.9 Å². The van der Waals surface area contributed by atoms with Crippen LogP contribution in [0.3, 0.4) is 0 Å². The number of amides is 1. The number of hydrogen-bond acceptors (Lipinski definition) is 3. The topological polar surface area (TPSA) is 77.7 Å². The Morgan fingerprint density at radius 3 is 3.10 bits per heavy atom. The molecule has 0 aromatic carbocycles. The molecule has 21 heavy (non-hydrogen) atoms. The van der Waals surface area contributed by atoms with E-state index in [1.54, 1.807) is 19.3 Å². The van der Waals surface area contributed by atoms with Crippen molar-refractivity contribution in [3.05, 3.63) is 36.5 Å². The number of H-pyrrole nitrogens is 2.